The monoisotopic (exact) mass is 243 g/mol. The topological polar surface area (TPSA) is 51.0 Å². The zero-order valence-corrected chi connectivity index (χ0v) is 10.3. The van der Waals surface area contributed by atoms with Gasteiger partial charge in [0.2, 0.25) is 5.89 Å². The van der Waals surface area contributed by atoms with Crippen molar-refractivity contribution in [3.8, 4) is 0 Å². The third-order valence-corrected chi connectivity index (χ3v) is 3.53. The average Bonchev–Trinajstić information content (AvgIpc) is 2.92. The zero-order valence-electron chi connectivity index (χ0n) is 10.3. The number of benzene rings is 1. The molecule has 1 atom stereocenters. The maximum atomic E-state index is 4.98. The summed E-state index contributed by atoms with van der Waals surface area (Å²) in [5.74, 6) is 0.707. The molecular formula is C14H17N3O. The van der Waals surface area contributed by atoms with Crippen LogP contribution in [0, 0.1) is 0 Å². The molecule has 0 radical (unpaired) electrons. The SMILES string of the molecule is c1ccc2c(c1)CCC(NCCc1ncno1)C2. The highest BCUT2D eigenvalue weighted by Crippen LogP contribution is 2.20. The van der Waals surface area contributed by atoms with Crippen LogP contribution in [0.15, 0.2) is 35.1 Å². The van der Waals surface area contributed by atoms with Gasteiger partial charge in [-0.25, -0.2) is 0 Å². The molecule has 2 aromatic rings. The van der Waals surface area contributed by atoms with Gasteiger partial charge in [-0.05, 0) is 30.4 Å². The first-order chi connectivity index (χ1) is 8.92. The molecule has 1 aromatic carbocycles. The molecule has 0 saturated heterocycles. The van der Waals surface area contributed by atoms with Crippen molar-refractivity contribution in [2.24, 2.45) is 0 Å². The average molecular weight is 243 g/mol. The summed E-state index contributed by atoms with van der Waals surface area (Å²) < 4.78 is 4.98. The van der Waals surface area contributed by atoms with Crippen molar-refractivity contribution in [1.82, 2.24) is 15.5 Å². The van der Waals surface area contributed by atoms with Crippen molar-refractivity contribution < 1.29 is 4.52 Å². The second-order valence-corrected chi connectivity index (χ2v) is 4.75. The maximum absolute atomic E-state index is 4.98. The van der Waals surface area contributed by atoms with E-state index in [0.29, 0.717) is 11.9 Å². The van der Waals surface area contributed by atoms with Crippen molar-refractivity contribution in [3.63, 3.8) is 0 Å². The molecule has 94 valence electrons. The molecule has 4 heteroatoms. The van der Waals surface area contributed by atoms with Crippen LogP contribution < -0.4 is 5.32 Å². The molecule has 1 N–H and O–H groups in total. The predicted octanol–water partition coefficient (Wildman–Crippen LogP) is 1.76. The summed E-state index contributed by atoms with van der Waals surface area (Å²) in [4.78, 5) is 4.02. The van der Waals surface area contributed by atoms with E-state index in [1.807, 2.05) is 0 Å². The number of rotatable bonds is 4. The Balaban J connectivity index is 1.51. The Morgan fingerprint density at radius 3 is 3.00 bits per heavy atom. The third kappa shape index (κ3) is 2.59. The fraction of sp³-hybridized carbons (Fsp3) is 0.429. The number of hydrogen-bond acceptors (Lipinski definition) is 4. The summed E-state index contributed by atoms with van der Waals surface area (Å²) in [5.41, 5.74) is 2.99. The van der Waals surface area contributed by atoms with E-state index >= 15 is 0 Å². The lowest BCUT2D eigenvalue weighted by atomic mass is 9.88. The molecule has 0 bridgehead atoms. The minimum absolute atomic E-state index is 0.572. The van der Waals surface area contributed by atoms with E-state index in [1.54, 1.807) is 0 Å². The van der Waals surface area contributed by atoms with E-state index < -0.39 is 0 Å². The molecule has 1 heterocycles. The zero-order chi connectivity index (χ0) is 12.2. The summed E-state index contributed by atoms with van der Waals surface area (Å²) in [6, 6.07) is 9.30. The molecule has 1 aromatic heterocycles. The Hall–Kier alpha value is -1.68. The summed E-state index contributed by atoms with van der Waals surface area (Å²) in [7, 11) is 0. The van der Waals surface area contributed by atoms with E-state index in [0.717, 1.165) is 19.4 Å². The Labute approximate surface area is 106 Å². The van der Waals surface area contributed by atoms with Gasteiger partial charge in [0.15, 0.2) is 6.33 Å². The number of aromatic nitrogens is 2. The van der Waals surface area contributed by atoms with Crippen LogP contribution in [-0.4, -0.2) is 22.7 Å². The number of hydrogen-bond donors (Lipinski definition) is 1. The molecule has 0 amide bonds. The Morgan fingerprint density at radius 2 is 2.17 bits per heavy atom. The molecule has 0 spiro atoms. The van der Waals surface area contributed by atoms with Gasteiger partial charge >= 0.3 is 0 Å². The maximum Gasteiger partial charge on any atom is 0.227 e. The van der Waals surface area contributed by atoms with Crippen molar-refractivity contribution in [2.45, 2.75) is 31.7 Å². The number of fused-ring (bicyclic) bond motifs is 1. The second-order valence-electron chi connectivity index (χ2n) is 4.75. The van der Waals surface area contributed by atoms with Crippen molar-refractivity contribution in [3.05, 3.63) is 47.6 Å². The Kier molecular flexibility index (Phi) is 3.37. The van der Waals surface area contributed by atoms with Gasteiger partial charge in [0.25, 0.3) is 0 Å². The third-order valence-electron chi connectivity index (χ3n) is 3.53. The van der Waals surface area contributed by atoms with Crippen molar-refractivity contribution in [2.75, 3.05) is 6.54 Å². The van der Waals surface area contributed by atoms with Crippen LogP contribution in [0.25, 0.3) is 0 Å². The van der Waals surface area contributed by atoms with Crippen molar-refractivity contribution >= 4 is 0 Å². The number of aryl methyl sites for hydroxylation is 1. The number of nitrogens with zero attached hydrogens (tertiary/aromatic N) is 2. The lowest BCUT2D eigenvalue weighted by Gasteiger charge is -2.25. The van der Waals surface area contributed by atoms with Crippen LogP contribution in [-0.2, 0) is 19.3 Å². The van der Waals surface area contributed by atoms with Gasteiger partial charge in [-0.1, -0.05) is 29.4 Å². The molecule has 0 aliphatic heterocycles. The van der Waals surface area contributed by atoms with Crippen LogP contribution in [0.3, 0.4) is 0 Å². The first kappa shape index (κ1) is 11.4. The highest BCUT2D eigenvalue weighted by Gasteiger charge is 2.17. The normalized spacial score (nSPS) is 18.6. The second kappa shape index (κ2) is 5.31. The highest BCUT2D eigenvalue weighted by molar-refractivity contribution is 5.30. The van der Waals surface area contributed by atoms with Gasteiger partial charge in [-0.15, -0.1) is 0 Å². The lowest BCUT2D eigenvalue weighted by molar-refractivity contribution is 0.368. The van der Waals surface area contributed by atoms with E-state index in [4.69, 9.17) is 4.52 Å². The van der Waals surface area contributed by atoms with Crippen LogP contribution in [0.4, 0.5) is 0 Å². The summed E-state index contributed by atoms with van der Waals surface area (Å²) in [6.45, 7) is 0.898. The van der Waals surface area contributed by atoms with E-state index in [2.05, 4.69) is 39.7 Å². The molecule has 1 unspecified atom stereocenters. The summed E-state index contributed by atoms with van der Waals surface area (Å²) in [6.07, 6.45) is 5.76. The van der Waals surface area contributed by atoms with Gasteiger partial charge in [-0.2, -0.15) is 4.98 Å². The molecule has 18 heavy (non-hydrogen) atoms. The Bertz CT molecular complexity index is 496. The largest absolute Gasteiger partial charge is 0.340 e. The standard InChI is InChI=1S/C14H17N3O/c1-2-4-12-9-13(6-5-11(12)3-1)15-8-7-14-16-10-17-18-14/h1-4,10,13,15H,5-9H2. The molecule has 1 aliphatic rings. The summed E-state index contributed by atoms with van der Waals surface area (Å²) in [5, 5.41) is 7.18. The fourth-order valence-electron chi connectivity index (χ4n) is 2.56. The molecule has 4 nitrogen and oxygen atoms in total. The van der Waals surface area contributed by atoms with Gasteiger partial charge in [0, 0.05) is 19.0 Å². The van der Waals surface area contributed by atoms with Crippen LogP contribution in [0.2, 0.25) is 0 Å². The van der Waals surface area contributed by atoms with E-state index in [-0.39, 0.29) is 0 Å². The first-order valence-electron chi connectivity index (χ1n) is 6.47. The van der Waals surface area contributed by atoms with Crippen LogP contribution >= 0.6 is 0 Å². The van der Waals surface area contributed by atoms with Crippen LogP contribution in [0.5, 0.6) is 0 Å². The van der Waals surface area contributed by atoms with E-state index in [1.165, 1.54) is 30.3 Å². The van der Waals surface area contributed by atoms with Gasteiger partial charge in [-0.3, -0.25) is 0 Å². The smallest absolute Gasteiger partial charge is 0.227 e. The molecule has 0 fully saturated rings. The van der Waals surface area contributed by atoms with Gasteiger partial charge in [0.1, 0.15) is 0 Å². The lowest BCUT2D eigenvalue weighted by Crippen LogP contribution is -2.35. The molecule has 0 saturated carbocycles. The predicted molar refractivity (Wildman–Crippen MR) is 68.3 cm³/mol. The quantitative estimate of drug-likeness (QED) is 0.889. The van der Waals surface area contributed by atoms with Crippen LogP contribution in [0.1, 0.15) is 23.4 Å². The van der Waals surface area contributed by atoms with Gasteiger partial charge < -0.3 is 9.84 Å². The van der Waals surface area contributed by atoms with Crippen molar-refractivity contribution in [1.29, 1.82) is 0 Å². The molecule has 1 aliphatic carbocycles. The molecular weight excluding hydrogens is 226 g/mol. The summed E-state index contributed by atoms with van der Waals surface area (Å²) >= 11 is 0. The Morgan fingerprint density at radius 1 is 1.28 bits per heavy atom. The minimum atomic E-state index is 0.572. The van der Waals surface area contributed by atoms with E-state index in [9.17, 15) is 0 Å². The highest BCUT2D eigenvalue weighted by atomic mass is 16.5. The minimum Gasteiger partial charge on any atom is -0.340 e. The fourth-order valence-corrected chi connectivity index (χ4v) is 2.56. The molecule has 3 rings (SSSR count). The number of nitrogens with one attached hydrogen (secondary N) is 1. The van der Waals surface area contributed by atoms with Gasteiger partial charge in [0.05, 0.1) is 0 Å². The first-order valence-corrected chi connectivity index (χ1v) is 6.47.